The third kappa shape index (κ3) is 4.94. The Kier molecular flexibility index (Phi) is 6.95. The summed E-state index contributed by atoms with van der Waals surface area (Å²) in [6, 6.07) is 12.0. The first-order chi connectivity index (χ1) is 12.5. The third-order valence-electron chi connectivity index (χ3n) is 3.43. The lowest BCUT2D eigenvalue weighted by Crippen LogP contribution is -1.97. The first-order valence-electron chi connectivity index (χ1n) is 7.39. The Morgan fingerprint density at radius 3 is 2.15 bits per heavy atom. The van der Waals surface area contributed by atoms with E-state index in [1.54, 1.807) is 42.5 Å². The van der Waals surface area contributed by atoms with Gasteiger partial charge in [0.25, 0.3) is 0 Å². The number of halogens is 2. The summed E-state index contributed by atoms with van der Waals surface area (Å²) in [5, 5.41) is 9.27. The summed E-state index contributed by atoms with van der Waals surface area (Å²) in [6.45, 7) is 0. The van der Waals surface area contributed by atoms with Crippen LogP contribution >= 0.6 is 23.2 Å². The lowest BCUT2D eigenvalue weighted by molar-refractivity contribution is -0.131. The molecule has 0 heterocycles. The van der Waals surface area contributed by atoms with Gasteiger partial charge in [-0.15, -0.1) is 0 Å². The van der Waals surface area contributed by atoms with Crippen molar-refractivity contribution in [1.29, 1.82) is 0 Å². The molecule has 0 saturated heterocycles. The Labute approximate surface area is 161 Å². The number of carboxylic acid groups (broad SMARTS) is 1. The van der Waals surface area contributed by atoms with Crippen LogP contribution in [0.1, 0.15) is 11.1 Å². The zero-order valence-electron chi connectivity index (χ0n) is 14.0. The molecule has 136 valence electrons. The normalized spacial score (nSPS) is 11.8. The minimum absolute atomic E-state index is 0.0283. The Morgan fingerprint density at radius 1 is 1.00 bits per heavy atom. The standard InChI is InChI=1S/C19H16Cl2O5/c1-24-16-8-5-13(9-17(16)25-2)15(10-19(22)23)12-3-6-14(7-4-12)26-18(21)11-20/h3-11H,1-2H3,(H,22,23)/b15-10+,18-11+. The highest BCUT2D eigenvalue weighted by molar-refractivity contribution is 6.35. The van der Waals surface area contributed by atoms with Crippen LogP contribution in [0, 0.1) is 0 Å². The first kappa shape index (κ1) is 19.7. The van der Waals surface area contributed by atoms with Crippen molar-refractivity contribution in [2.45, 2.75) is 0 Å². The van der Waals surface area contributed by atoms with Crippen molar-refractivity contribution in [3.8, 4) is 17.2 Å². The number of rotatable bonds is 7. The topological polar surface area (TPSA) is 65.0 Å². The number of benzene rings is 2. The zero-order chi connectivity index (χ0) is 19.1. The Balaban J connectivity index is 2.44. The van der Waals surface area contributed by atoms with Crippen LogP contribution in [-0.2, 0) is 4.79 Å². The van der Waals surface area contributed by atoms with Gasteiger partial charge in [0, 0.05) is 6.08 Å². The quantitative estimate of drug-likeness (QED) is 0.535. The SMILES string of the molecule is COc1ccc(/C(=C/C(=O)O)c2ccc(O/C(Cl)=C/Cl)cc2)cc1OC. The minimum Gasteiger partial charge on any atom is -0.493 e. The summed E-state index contributed by atoms with van der Waals surface area (Å²) in [7, 11) is 3.05. The molecule has 0 bridgehead atoms. The second kappa shape index (κ2) is 9.17. The molecule has 0 unspecified atom stereocenters. The number of methoxy groups -OCH3 is 2. The van der Waals surface area contributed by atoms with Gasteiger partial charge in [-0.2, -0.15) is 0 Å². The van der Waals surface area contributed by atoms with Gasteiger partial charge in [0.2, 0.25) is 5.22 Å². The minimum atomic E-state index is -1.07. The fourth-order valence-electron chi connectivity index (χ4n) is 2.30. The van der Waals surface area contributed by atoms with Crippen LogP contribution in [0.25, 0.3) is 5.57 Å². The molecular weight excluding hydrogens is 379 g/mol. The highest BCUT2D eigenvalue weighted by Crippen LogP contribution is 2.33. The lowest BCUT2D eigenvalue weighted by atomic mass is 9.97. The number of hydrogen-bond donors (Lipinski definition) is 1. The molecule has 0 atom stereocenters. The van der Waals surface area contributed by atoms with Crippen molar-refractivity contribution >= 4 is 34.7 Å². The summed E-state index contributed by atoms with van der Waals surface area (Å²) in [5.41, 5.74) is 2.95. The van der Waals surface area contributed by atoms with E-state index in [0.29, 0.717) is 33.9 Å². The molecule has 2 rings (SSSR count). The Morgan fingerprint density at radius 2 is 1.62 bits per heavy atom. The van der Waals surface area contributed by atoms with E-state index in [9.17, 15) is 9.90 Å². The fraction of sp³-hybridized carbons (Fsp3) is 0.105. The van der Waals surface area contributed by atoms with Crippen LogP contribution in [0.15, 0.2) is 59.3 Å². The molecule has 0 fully saturated rings. The average molecular weight is 395 g/mol. The molecule has 2 aromatic carbocycles. The maximum atomic E-state index is 11.3. The first-order valence-corrected chi connectivity index (χ1v) is 8.21. The van der Waals surface area contributed by atoms with Crippen LogP contribution in [0.4, 0.5) is 0 Å². The molecule has 26 heavy (non-hydrogen) atoms. The molecule has 0 aromatic heterocycles. The second-order valence-electron chi connectivity index (χ2n) is 5.01. The van der Waals surface area contributed by atoms with E-state index < -0.39 is 5.97 Å². The molecule has 0 aliphatic rings. The van der Waals surface area contributed by atoms with Crippen LogP contribution in [0.3, 0.4) is 0 Å². The van der Waals surface area contributed by atoms with Gasteiger partial charge < -0.3 is 19.3 Å². The van der Waals surface area contributed by atoms with E-state index in [4.69, 9.17) is 37.4 Å². The smallest absolute Gasteiger partial charge is 0.328 e. The summed E-state index contributed by atoms with van der Waals surface area (Å²) >= 11 is 11.2. The van der Waals surface area contributed by atoms with E-state index >= 15 is 0 Å². The highest BCUT2D eigenvalue weighted by Gasteiger charge is 2.12. The molecule has 0 spiro atoms. The van der Waals surface area contributed by atoms with Gasteiger partial charge >= 0.3 is 5.97 Å². The van der Waals surface area contributed by atoms with E-state index in [2.05, 4.69) is 0 Å². The number of carboxylic acids is 1. The van der Waals surface area contributed by atoms with Crippen molar-refractivity contribution < 1.29 is 24.1 Å². The number of carbonyl (C=O) groups is 1. The number of ether oxygens (including phenoxy) is 3. The molecule has 7 heteroatoms. The zero-order valence-corrected chi connectivity index (χ0v) is 15.5. The van der Waals surface area contributed by atoms with Gasteiger partial charge in [-0.05, 0) is 52.6 Å². The fourth-order valence-corrected chi connectivity index (χ4v) is 2.43. The van der Waals surface area contributed by atoms with Crippen LogP contribution in [-0.4, -0.2) is 25.3 Å². The lowest BCUT2D eigenvalue weighted by Gasteiger charge is -2.13. The van der Waals surface area contributed by atoms with Crippen LogP contribution < -0.4 is 14.2 Å². The summed E-state index contributed by atoms with van der Waals surface area (Å²) < 4.78 is 15.8. The molecule has 0 aliphatic heterocycles. The van der Waals surface area contributed by atoms with Gasteiger partial charge in [0.15, 0.2) is 11.5 Å². The number of aliphatic carboxylic acids is 1. The number of hydrogen-bond acceptors (Lipinski definition) is 4. The molecule has 0 aliphatic carbocycles. The average Bonchev–Trinajstić information content (AvgIpc) is 2.66. The van der Waals surface area contributed by atoms with Gasteiger partial charge in [-0.25, -0.2) is 4.79 Å². The summed E-state index contributed by atoms with van der Waals surface area (Å²) in [5.74, 6) is 0.457. The van der Waals surface area contributed by atoms with Crippen molar-refractivity contribution in [2.24, 2.45) is 0 Å². The third-order valence-corrected chi connectivity index (χ3v) is 3.92. The molecule has 5 nitrogen and oxygen atoms in total. The predicted octanol–water partition coefficient (Wildman–Crippen LogP) is 4.88. The monoisotopic (exact) mass is 394 g/mol. The van der Waals surface area contributed by atoms with Crippen LogP contribution in [0.5, 0.6) is 17.2 Å². The van der Waals surface area contributed by atoms with Crippen molar-refractivity contribution in [2.75, 3.05) is 14.2 Å². The maximum Gasteiger partial charge on any atom is 0.328 e. The van der Waals surface area contributed by atoms with Gasteiger partial charge in [-0.1, -0.05) is 29.8 Å². The van der Waals surface area contributed by atoms with Gasteiger partial charge in [-0.3, -0.25) is 0 Å². The van der Waals surface area contributed by atoms with Gasteiger partial charge in [0.1, 0.15) is 5.75 Å². The summed E-state index contributed by atoms with van der Waals surface area (Å²) in [6.07, 6.45) is 1.13. The van der Waals surface area contributed by atoms with Crippen LogP contribution in [0.2, 0.25) is 0 Å². The van der Waals surface area contributed by atoms with Crippen molar-refractivity contribution in [1.82, 2.24) is 0 Å². The Bertz CT molecular complexity index is 842. The Hall–Kier alpha value is -2.63. The van der Waals surface area contributed by atoms with Gasteiger partial charge in [0.05, 0.1) is 19.8 Å². The molecule has 0 amide bonds. The van der Waals surface area contributed by atoms with Crippen molar-refractivity contribution in [3.05, 3.63) is 70.4 Å². The molecule has 0 radical (unpaired) electrons. The molecule has 2 aromatic rings. The second-order valence-corrected chi connectivity index (χ2v) is 5.60. The summed E-state index contributed by atoms with van der Waals surface area (Å²) in [4.78, 5) is 11.3. The van der Waals surface area contributed by atoms with E-state index in [0.717, 1.165) is 11.6 Å². The largest absolute Gasteiger partial charge is 0.493 e. The maximum absolute atomic E-state index is 11.3. The van der Waals surface area contributed by atoms with E-state index in [1.807, 2.05) is 0 Å². The van der Waals surface area contributed by atoms with E-state index in [-0.39, 0.29) is 5.22 Å². The molecule has 0 saturated carbocycles. The predicted molar refractivity (Wildman–Crippen MR) is 101 cm³/mol. The van der Waals surface area contributed by atoms with Crippen molar-refractivity contribution in [3.63, 3.8) is 0 Å². The molecule has 1 N–H and O–H groups in total. The highest BCUT2D eigenvalue weighted by atomic mass is 35.5. The molecular formula is C19H16Cl2O5. The van der Waals surface area contributed by atoms with E-state index in [1.165, 1.54) is 14.2 Å².